The molecule has 122 valence electrons. The van der Waals surface area contributed by atoms with Crippen molar-refractivity contribution in [2.45, 2.75) is 78.3 Å². The monoisotopic (exact) mass is 304 g/mol. The molecule has 1 amide bonds. The normalized spacial score (nSPS) is 24.4. The first-order valence-corrected chi connectivity index (χ1v) is 8.74. The molecule has 22 heavy (non-hydrogen) atoms. The minimum absolute atomic E-state index is 0.162. The molecular formula is C17H28N4O. The van der Waals surface area contributed by atoms with Gasteiger partial charge in [0, 0.05) is 18.9 Å². The predicted molar refractivity (Wildman–Crippen MR) is 85.2 cm³/mol. The fourth-order valence-electron chi connectivity index (χ4n) is 3.91. The average Bonchev–Trinajstić information content (AvgIpc) is 2.71. The Morgan fingerprint density at radius 2 is 2.14 bits per heavy atom. The van der Waals surface area contributed by atoms with Crippen LogP contribution in [0.3, 0.4) is 0 Å². The summed E-state index contributed by atoms with van der Waals surface area (Å²) in [6.07, 6.45) is 9.05. The number of hydrogen-bond donors (Lipinski definition) is 1. The van der Waals surface area contributed by atoms with E-state index < -0.39 is 0 Å². The Hall–Kier alpha value is -1.39. The van der Waals surface area contributed by atoms with E-state index in [1.165, 1.54) is 25.7 Å². The van der Waals surface area contributed by atoms with Crippen LogP contribution in [0.4, 0.5) is 0 Å². The second kappa shape index (κ2) is 6.39. The SMILES string of the molecule is CC1(C)CCCC(C(=O)NCc2nnc3n2CCCCC3)C1. The van der Waals surface area contributed by atoms with Crippen LogP contribution in [0.25, 0.3) is 0 Å². The van der Waals surface area contributed by atoms with Crippen molar-refractivity contribution in [3.05, 3.63) is 11.6 Å². The number of nitrogens with zero attached hydrogens (tertiary/aromatic N) is 3. The lowest BCUT2D eigenvalue weighted by Crippen LogP contribution is -2.36. The largest absolute Gasteiger partial charge is 0.349 e. The fourth-order valence-corrected chi connectivity index (χ4v) is 3.91. The summed E-state index contributed by atoms with van der Waals surface area (Å²) in [5.41, 5.74) is 0.298. The number of aryl methyl sites for hydroxylation is 1. The zero-order valence-corrected chi connectivity index (χ0v) is 13.9. The van der Waals surface area contributed by atoms with Gasteiger partial charge in [-0.1, -0.05) is 26.7 Å². The number of rotatable bonds is 3. The van der Waals surface area contributed by atoms with Crippen molar-refractivity contribution >= 4 is 5.91 Å². The molecule has 2 aliphatic rings. The highest BCUT2D eigenvalue weighted by atomic mass is 16.1. The predicted octanol–water partition coefficient (Wildman–Crippen LogP) is 2.84. The Bertz CT molecular complexity index is 535. The molecule has 0 spiro atoms. The van der Waals surface area contributed by atoms with Crippen LogP contribution >= 0.6 is 0 Å². The summed E-state index contributed by atoms with van der Waals surface area (Å²) in [6, 6.07) is 0. The van der Waals surface area contributed by atoms with Gasteiger partial charge in [0.05, 0.1) is 6.54 Å². The van der Waals surface area contributed by atoms with Crippen molar-refractivity contribution in [2.24, 2.45) is 11.3 Å². The maximum absolute atomic E-state index is 12.4. The van der Waals surface area contributed by atoms with E-state index in [2.05, 4.69) is 33.9 Å². The molecule has 1 N–H and O–H groups in total. The lowest BCUT2D eigenvalue weighted by molar-refractivity contribution is -0.127. The van der Waals surface area contributed by atoms with Crippen molar-refractivity contribution in [1.29, 1.82) is 0 Å². The van der Waals surface area contributed by atoms with E-state index in [1.807, 2.05) is 0 Å². The molecule has 2 heterocycles. The molecular weight excluding hydrogens is 276 g/mol. The summed E-state index contributed by atoms with van der Waals surface area (Å²) in [4.78, 5) is 12.4. The van der Waals surface area contributed by atoms with Crippen molar-refractivity contribution < 1.29 is 4.79 Å². The Morgan fingerprint density at radius 3 is 2.95 bits per heavy atom. The number of carbonyl (C=O) groups is 1. The van der Waals surface area contributed by atoms with E-state index in [4.69, 9.17) is 0 Å². The summed E-state index contributed by atoms with van der Waals surface area (Å²) < 4.78 is 2.21. The molecule has 0 saturated heterocycles. The van der Waals surface area contributed by atoms with Gasteiger partial charge >= 0.3 is 0 Å². The van der Waals surface area contributed by atoms with E-state index in [1.54, 1.807) is 0 Å². The first-order valence-electron chi connectivity index (χ1n) is 8.74. The molecule has 3 rings (SSSR count). The van der Waals surface area contributed by atoms with Gasteiger partial charge in [-0.3, -0.25) is 4.79 Å². The lowest BCUT2D eigenvalue weighted by atomic mass is 9.72. The Labute approximate surface area is 132 Å². The third-order valence-electron chi connectivity index (χ3n) is 5.18. The Kier molecular flexibility index (Phi) is 4.50. The molecule has 1 saturated carbocycles. The zero-order valence-electron chi connectivity index (χ0n) is 13.9. The van der Waals surface area contributed by atoms with E-state index in [0.717, 1.165) is 43.9 Å². The first-order chi connectivity index (χ1) is 10.6. The summed E-state index contributed by atoms with van der Waals surface area (Å²) in [5.74, 6) is 2.36. The molecule has 1 aromatic heterocycles. The van der Waals surface area contributed by atoms with Crippen LogP contribution < -0.4 is 5.32 Å². The molecule has 1 unspecified atom stereocenters. The molecule has 1 atom stereocenters. The van der Waals surface area contributed by atoms with Gasteiger partial charge in [0.2, 0.25) is 5.91 Å². The number of nitrogens with one attached hydrogen (secondary N) is 1. The van der Waals surface area contributed by atoms with Crippen molar-refractivity contribution in [2.75, 3.05) is 0 Å². The highest BCUT2D eigenvalue weighted by Gasteiger charge is 2.32. The highest BCUT2D eigenvalue weighted by Crippen LogP contribution is 2.38. The smallest absolute Gasteiger partial charge is 0.223 e. The van der Waals surface area contributed by atoms with E-state index in [9.17, 15) is 4.79 Å². The molecule has 1 aromatic rings. The topological polar surface area (TPSA) is 59.8 Å². The molecule has 0 bridgehead atoms. The van der Waals surface area contributed by atoms with Crippen LogP contribution in [0.1, 0.15) is 70.4 Å². The van der Waals surface area contributed by atoms with E-state index >= 15 is 0 Å². The second-order valence-corrected chi connectivity index (χ2v) is 7.67. The minimum Gasteiger partial charge on any atom is -0.349 e. The summed E-state index contributed by atoms with van der Waals surface area (Å²) in [7, 11) is 0. The number of carbonyl (C=O) groups excluding carboxylic acids is 1. The third kappa shape index (κ3) is 3.50. The van der Waals surface area contributed by atoms with Crippen molar-refractivity contribution in [3.8, 4) is 0 Å². The number of aromatic nitrogens is 3. The van der Waals surface area contributed by atoms with Gasteiger partial charge in [-0.05, 0) is 37.5 Å². The van der Waals surface area contributed by atoms with Crippen LogP contribution in [0, 0.1) is 11.3 Å². The van der Waals surface area contributed by atoms with Gasteiger partial charge < -0.3 is 9.88 Å². The fraction of sp³-hybridized carbons (Fsp3) is 0.824. The molecule has 5 nitrogen and oxygen atoms in total. The van der Waals surface area contributed by atoms with Crippen LogP contribution in [-0.2, 0) is 24.3 Å². The van der Waals surface area contributed by atoms with Gasteiger partial charge in [-0.15, -0.1) is 10.2 Å². The van der Waals surface area contributed by atoms with Crippen molar-refractivity contribution in [1.82, 2.24) is 20.1 Å². The maximum atomic E-state index is 12.4. The van der Waals surface area contributed by atoms with Crippen LogP contribution in [-0.4, -0.2) is 20.7 Å². The highest BCUT2D eigenvalue weighted by molar-refractivity contribution is 5.78. The van der Waals surface area contributed by atoms with Crippen LogP contribution in [0.5, 0.6) is 0 Å². The van der Waals surface area contributed by atoms with E-state index in [-0.39, 0.29) is 11.8 Å². The molecule has 1 fully saturated rings. The van der Waals surface area contributed by atoms with Gasteiger partial charge in [0.25, 0.3) is 0 Å². The zero-order chi connectivity index (χ0) is 15.6. The van der Waals surface area contributed by atoms with Gasteiger partial charge in [0.1, 0.15) is 5.82 Å². The van der Waals surface area contributed by atoms with Crippen LogP contribution in [0.2, 0.25) is 0 Å². The molecule has 0 radical (unpaired) electrons. The minimum atomic E-state index is 0.162. The third-order valence-corrected chi connectivity index (χ3v) is 5.18. The first kappa shape index (κ1) is 15.5. The van der Waals surface area contributed by atoms with Crippen molar-refractivity contribution in [3.63, 3.8) is 0 Å². The number of hydrogen-bond acceptors (Lipinski definition) is 3. The number of amides is 1. The Balaban J connectivity index is 1.58. The van der Waals surface area contributed by atoms with Gasteiger partial charge in [0.15, 0.2) is 5.82 Å². The summed E-state index contributed by atoms with van der Waals surface area (Å²) >= 11 is 0. The number of fused-ring (bicyclic) bond motifs is 1. The summed E-state index contributed by atoms with van der Waals surface area (Å²) in [5, 5.41) is 11.7. The lowest BCUT2D eigenvalue weighted by Gasteiger charge is -2.34. The van der Waals surface area contributed by atoms with E-state index in [0.29, 0.717) is 12.0 Å². The maximum Gasteiger partial charge on any atom is 0.223 e. The van der Waals surface area contributed by atoms with Gasteiger partial charge in [-0.2, -0.15) is 0 Å². The standard InChI is InChI=1S/C17H28N4O/c1-17(2)9-6-7-13(11-17)16(22)18-12-15-20-19-14-8-4-3-5-10-21(14)15/h13H,3-12H2,1-2H3,(H,18,22). The molecule has 0 aromatic carbocycles. The molecule has 1 aliphatic carbocycles. The van der Waals surface area contributed by atoms with Gasteiger partial charge in [-0.25, -0.2) is 0 Å². The molecule has 1 aliphatic heterocycles. The summed E-state index contributed by atoms with van der Waals surface area (Å²) in [6.45, 7) is 6.04. The quantitative estimate of drug-likeness (QED) is 0.934. The second-order valence-electron chi connectivity index (χ2n) is 7.67. The Morgan fingerprint density at radius 1 is 1.27 bits per heavy atom. The average molecular weight is 304 g/mol. The van der Waals surface area contributed by atoms with Crippen LogP contribution in [0.15, 0.2) is 0 Å². The molecule has 5 heteroatoms.